The number of hydrogen-bond donors (Lipinski definition) is 3. The first-order chi connectivity index (χ1) is 16.9. The third-order valence-corrected chi connectivity index (χ3v) is 5.94. The third kappa shape index (κ3) is 5.75. The van der Waals surface area contributed by atoms with E-state index < -0.39 is 11.8 Å². The molecule has 3 aromatic heterocycles. The number of ether oxygens (including phenoxy) is 1. The molecule has 0 saturated carbocycles. The summed E-state index contributed by atoms with van der Waals surface area (Å²) in [6.07, 6.45) is 3.98. The van der Waals surface area contributed by atoms with E-state index in [1.807, 2.05) is 31.2 Å². The molecule has 3 aromatic rings. The summed E-state index contributed by atoms with van der Waals surface area (Å²) < 4.78 is 7.77. The average molecular weight is 479 g/mol. The van der Waals surface area contributed by atoms with Gasteiger partial charge in [0.1, 0.15) is 17.3 Å². The van der Waals surface area contributed by atoms with Crippen LogP contribution in [0.2, 0.25) is 0 Å². The molecular formula is C24H30N8O3. The van der Waals surface area contributed by atoms with Gasteiger partial charge in [-0.1, -0.05) is 0 Å². The summed E-state index contributed by atoms with van der Waals surface area (Å²) in [7, 11) is 1.77. The minimum atomic E-state index is -0.615. The zero-order valence-corrected chi connectivity index (χ0v) is 20.0. The van der Waals surface area contributed by atoms with Crippen molar-refractivity contribution in [2.24, 2.45) is 12.8 Å². The van der Waals surface area contributed by atoms with Gasteiger partial charge in [0.15, 0.2) is 5.69 Å². The molecule has 4 heterocycles. The molecule has 1 aliphatic rings. The largest absolute Gasteiger partial charge is 0.491 e. The van der Waals surface area contributed by atoms with E-state index in [4.69, 9.17) is 10.5 Å². The number of primary amides is 1. The first kappa shape index (κ1) is 24.1. The Balaban J connectivity index is 1.48. The summed E-state index contributed by atoms with van der Waals surface area (Å²) in [4.78, 5) is 34.9. The highest BCUT2D eigenvalue weighted by Gasteiger charge is 2.20. The van der Waals surface area contributed by atoms with Gasteiger partial charge in [0.2, 0.25) is 5.91 Å². The van der Waals surface area contributed by atoms with E-state index in [2.05, 4.69) is 30.6 Å². The number of amides is 2. The molecule has 4 N–H and O–H groups in total. The first-order valence-corrected chi connectivity index (χ1v) is 11.5. The predicted octanol–water partition coefficient (Wildman–Crippen LogP) is 0.432. The summed E-state index contributed by atoms with van der Waals surface area (Å²) in [6, 6.07) is 7.67. The van der Waals surface area contributed by atoms with E-state index in [0.717, 1.165) is 54.5 Å². The minimum Gasteiger partial charge on any atom is -0.491 e. The lowest BCUT2D eigenvalue weighted by molar-refractivity contribution is -0.117. The summed E-state index contributed by atoms with van der Waals surface area (Å²) in [5.74, 6) is 0.502. The lowest BCUT2D eigenvalue weighted by Crippen LogP contribution is -2.43. The van der Waals surface area contributed by atoms with Crippen LogP contribution in [-0.4, -0.2) is 70.9 Å². The maximum absolute atomic E-state index is 12.5. The molecule has 11 heteroatoms. The maximum atomic E-state index is 12.5. The first-order valence-electron chi connectivity index (χ1n) is 11.5. The van der Waals surface area contributed by atoms with E-state index in [-0.39, 0.29) is 12.2 Å². The summed E-state index contributed by atoms with van der Waals surface area (Å²) >= 11 is 0. The highest BCUT2D eigenvalue weighted by molar-refractivity contribution is 5.96. The van der Waals surface area contributed by atoms with Crippen molar-refractivity contribution in [3.05, 3.63) is 53.6 Å². The number of carbonyl (C=O) groups excluding carboxylic acids is 2. The van der Waals surface area contributed by atoms with Crippen LogP contribution in [0.4, 0.5) is 5.82 Å². The molecule has 2 amide bonds. The number of carbonyl (C=O) groups is 2. The molecule has 0 radical (unpaired) electrons. The Bertz CT molecular complexity index is 1200. The van der Waals surface area contributed by atoms with Crippen LogP contribution in [-0.2, 0) is 18.3 Å². The SMILES string of the molecule is Cc1c(CCOc2cccnc2-c2ccnc(N3CCNCC3)c2)c(C(=O)NCC(N)=O)nn1C. The Kier molecular flexibility index (Phi) is 7.56. The average Bonchev–Trinajstić information content (AvgIpc) is 3.17. The van der Waals surface area contributed by atoms with Crippen molar-refractivity contribution in [3.63, 3.8) is 0 Å². The van der Waals surface area contributed by atoms with Crippen LogP contribution in [0.15, 0.2) is 36.7 Å². The number of nitrogens with one attached hydrogen (secondary N) is 2. The molecule has 35 heavy (non-hydrogen) atoms. The zero-order chi connectivity index (χ0) is 24.8. The number of aromatic nitrogens is 4. The molecule has 11 nitrogen and oxygen atoms in total. The fourth-order valence-electron chi connectivity index (χ4n) is 4.00. The minimum absolute atomic E-state index is 0.245. The quantitative estimate of drug-likeness (QED) is 0.402. The summed E-state index contributed by atoms with van der Waals surface area (Å²) in [5.41, 5.74) is 8.65. The summed E-state index contributed by atoms with van der Waals surface area (Å²) in [5, 5.41) is 10.1. The van der Waals surface area contributed by atoms with Crippen molar-refractivity contribution in [1.82, 2.24) is 30.4 Å². The van der Waals surface area contributed by atoms with E-state index in [0.29, 0.717) is 18.8 Å². The molecule has 184 valence electrons. The van der Waals surface area contributed by atoms with Crippen molar-refractivity contribution < 1.29 is 14.3 Å². The summed E-state index contributed by atoms with van der Waals surface area (Å²) in [6.45, 7) is 5.63. The topological polar surface area (TPSA) is 140 Å². The molecule has 0 unspecified atom stereocenters. The molecule has 0 spiro atoms. The lowest BCUT2D eigenvalue weighted by Gasteiger charge is -2.28. The number of nitrogens with zero attached hydrogens (tertiary/aromatic N) is 5. The van der Waals surface area contributed by atoms with Crippen LogP contribution >= 0.6 is 0 Å². The second-order valence-electron chi connectivity index (χ2n) is 8.27. The molecule has 1 saturated heterocycles. The van der Waals surface area contributed by atoms with Crippen molar-refractivity contribution in [1.29, 1.82) is 0 Å². The standard InChI is InChI=1S/C24H30N8O3/c1-16-18(23(30-31(16)2)24(34)29-15-20(25)33)6-13-35-19-4-3-7-28-22(19)17-5-8-27-21(14-17)32-11-9-26-10-12-32/h3-5,7-8,14,26H,6,9-13,15H2,1-2H3,(H2,25,33)(H,29,34). The second kappa shape index (κ2) is 11.0. The molecule has 0 bridgehead atoms. The van der Waals surface area contributed by atoms with Crippen molar-refractivity contribution in [2.45, 2.75) is 13.3 Å². The van der Waals surface area contributed by atoms with Gasteiger partial charge in [0.25, 0.3) is 5.91 Å². The van der Waals surface area contributed by atoms with Gasteiger partial charge in [-0.3, -0.25) is 19.3 Å². The number of hydrogen-bond acceptors (Lipinski definition) is 8. The normalized spacial score (nSPS) is 13.5. The highest BCUT2D eigenvalue weighted by atomic mass is 16.5. The van der Waals surface area contributed by atoms with Crippen molar-refractivity contribution in [3.8, 4) is 17.0 Å². The Hall–Kier alpha value is -3.99. The molecule has 4 rings (SSSR count). The number of pyridine rings is 2. The van der Waals surface area contributed by atoms with E-state index >= 15 is 0 Å². The zero-order valence-electron chi connectivity index (χ0n) is 20.0. The molecule has 1 fully saturated rings. The van der Waals surface area contributed by atoms with Crippen LogP contribution < -0.4 is 26.0 Å². The molecular weight excluding hydrogens is 448 g/mol. The fourth-order valence-corrected chi connectivity index (χ4v) is 4.00. The van der Waals surface area contributed by atoms with Crippen LogP contribution in [0.5, 0.6) is 5.75 Å². The lowest BCUT2D eigenvalue weighted by atomic mass is 10.1. The van der Waals surface area contributed by atoms with Gasteiger partial charge < -0.3 is 26.0 Å². The van der Waals surface area contributed by atoms with Gasteiger partial charge in [-0.2, -0.15) is 5.10 Å². The van der Waals surface area contributed by atoms with Gasteiger partial charge in [-0.15, -0.1) is 0 Å². The van der Waals surface area contributed by atoms with Gasteiger partial charge >= 0.3 is 0 Å². The van der Waals surface area contributed by atoms with Crippen LogP contribution in [0.3, 0.4) is 0 Å². The monoisotopic (exact) mass is 478 g/mol. The Morgan fingerprint density at radius 3 is 2.77 bits per heavy atom. The molecule has 0 atom stereocenters. The van der Waals surface area contributed by atoms with Gasteiger partial charge in [0.05, 0.1) is 13.2 Å². The van der Waals surface area contributed by atoms with E-state index in [9.17, 15) is 9.59 Å². The Morgan fingerprint density at radius 2 is 2.00 bits per heavy atom. The Labute approximate surface area is 203 Å². The maximum Gasteiger partial charge on any atom is 0.272 e. The smallest absolute Gasteiger partial charge is 0.272 e. The molecule has 1 aliphatic heterocycles. The van der Waals surface area contributed by atoms with Crippen LogP contribution in [0.1, 0.15) is 21.7 Å². The molecule has 0 aliphatic carbocycles. The number of rotatable bonds is 9. The predicted molar refractivity (Wildman–Crippen MR) is 131 cm³/mol. The second-order valence-corrected chi connectivity index (χ2v) is 8.27. The number of nitrogens with two attached hydrogens (primary N) is 1. The van der Waals surface area contributed by atoms with Gasteiger partial charge in [-0.05, 0) is 31.2 Å². The van der Waals surface area contributed by atoms with Crippen molar-refractivity contribution in [2.75, 3.05) is 44.2 Å². The number of anilines is 1. The van der Waals surface area contributed by atoms with Crippen LogP contribution in [0.25, 0.3) is 11.3 Å². The van der Waals surface area contributed by atoms with E-state index in [1.165, 1.54) is 0 Å². The van der Waals surface area contributed by atoms with E-state index in [1.54, 1.807) is 24.1 Å². The number of piperazine rings is 1. The number of aryl methyl sites for hydroxylation is 1. The fraction of sp³-hybridized carbons (Fsp3) is 0.375. The Morgan fingerprint density at radius 1 is 1.20 bits per heavy atom. The van der Waals surface area contributed by atoms with Crippen molar-refractivity contribution >= 4 is 17.6 Å². The van der Waals surface area contributed by atoms with Gasteiger partial charge in [-0.25, -0.2) is 4.98 Å². The van der Waals surface area contributed by atoms with Crippen LogP contribution in [0, 0.1) is 6.92 Å². The highest BCUT2D eigenvalue weighted by Crippen LogP contribution is 2.29. The molecule has 0 aromatic carbocycles. The van der Waals surface area contributed by atoms with Gasteiger partial charge in [0, 0.05) is 68.9 Å². The third-order valence-electron chi connectivity index (χ3n) is 5.94.